The molecule has 0 radical (unpaired) electrons. The molecule has 0 saturated carbocycles. The Hall–Kier alpha value is -2.98. The maximum absolute atomic E-state index is 14.5. The topological polar surface area (TPSA) is 88.0 Å². The number of amides is 1. The second-order valence-corrected chi connectivity index (χ2v) is 8.27. The molecule has 1 aliphatic heterocycles. The van der Waals surface area contributed by atoms with Gasteiger partial charge in [-0.1, -0.05) is 0 Å². The Morgan fingerprint density at radius 2 is 1.91 bits per heavy atom. The number of nitrogens with one attached hydrogen (secondary N) is 2. The summed E-state index contributed by atoms with van der Waals surface area (Å²) in [6.07, 6.45) is 3.74. The van der Waals surface area contributed by atoms with Gasteiger partial charge >= 0.3 is 0 Å². The number of likely N-dealkylation sites (N-methyl/N-ethyl adjacent to an activating group) is 1. The number of likely N-dealkylation sites (tertiary alicyclic amines) is 1. The Morgan fingerprint density at radius 3 is 2.55 bits per heavy atom. The summed E-state index contributed by atoms with van der Waals surface area (Å²) in [6, 6.07) is 7.61. The molecule has 8 nitrogen and oxygen atoms in total. The van der Waals surface area contributed by atoms with Crippen molar-refractivity contribution in [2.45, 2.75) is 39.3 Å². The molecule has 1 aromatic carbocycles. The maximum atomic E-state index is 14.5. The van der Waals surface area contributed by atoms with Crippen LogP contribution >= 0.6 is 13.5 Å². The smallest absolute Gasteiger partial charge is 0.253 e. The second kappa shape index (κ2) is 10.3. The molecule has 0 aliphatic carbocycles. The van der Waals surface area contributed by atoms with Crippen molar-refractivity contribution < 1.29 is 9.18 Å². The van der Waals surface area contributed by atoms with Gasteiger partial charge in [-0.25, -0.2) is 19.3 Å². The molecule has 2 aromatic heterocycles. The first-order chi connectivity index (χ1) is 15.4. The number of rotatable bonds is 6. The van der Waals surface area contributed by atoms with E-state index in [0.717, 1.165) is 25.0 Å². The van der Waals surface area contributed by atoms with Crippen molar-refractivity contribution in [1.82, 2.24) is 29.7 Å². The first-order valence-electron chi connectivity index (χ1n) is 10.8. The average Bonchev–Trinajstić information content (AvgIpc) is 3.42. The van der Waals surface area contributed by atoms with Crippen LogP contribution in [-0.2, 0) is 0 Å². The summed E-state index contributed by atoms with van der Waals surface area (Å²) in [7, 11) is 1.92. The lowest BCUT2D eigenvalue weighted by Gasteiger charge is -2.17. The van der Waals surface area contributed by atoms with E-state index in [1.54, 1.807) is 30.5 Å². The van der Waals surface area contributed by atoms with E-state index in [4.69, 9.17) is 0 Å². The van der Waals surface area contributed by atoms with Crippen molar-refractivity contribution in [2.75, 3.05) is 25.5 Å². The van der Waals surface area contributed by atoms with E-state index in [2.05, 4.69) is 25.6 Å². The number of nitrogens with zero attached hydrogens (tertiary/aromatic N) is 5. The van der Waals surface area contributed by atoms with Gasteiger partial charge in [-0.2, -0.15) is 13.5 Å². The number of aromatic nitrogens is 4. The molecular weight excluding hydrogens is 441 g/mol. The molecule has 2 N–H and O–H groups in total. The van der Waals surface area contributed by atoms with Crippen molar-refractivity contribution in [2.24, 2.45) is 0 Å². The number of imidazole rings is 1. The summed E-state index contributed by atoms with van der Waals surface area (Å²) in [5.74, 6) is 0.573. The van der Waals surface area contributed by atoms with Gasteiger partial charge in [0.2, 0.25) is 5.95 Å². The largest absolute Gasteiger partial charge is 0.337 e. The fraction of sp³-hybridized carbons (Fsp3) is 0.391. The molecule has 1 fully saturated rings. The lowest BCUT2D eigenvalue weighted by atomic mass is 10.2. The molecule has 10 heteroatoms. The summed E-state index contributed by atoms with van der Waals surface area (Å²) >= 11 is 0. The molecule has 0 bridgehead atoms. The van der Waals surface area contributed by atoms with Gasteiger partial charge < -0.3 is 20.1 Å². The highest BCUT2D eigenvalue weighted by atomic mass is 32.1. The van der Waals surface area contributed by atoms with Gasteiger partial charge in [-0.05, 0) is 58.5 Å². The molecule has 3 heterocycles. The zero-order chi connectivity index (χ0) is 22.8. The molecule has 4 rings (SSSR count). The third-order valence-corrected chi connectivity index (χ3v) is 5.76. The summed E-state index contributed by atoms with van der Waals surface area (Å²) in [5, 5.41) is 6.31. The van der Waals surface area contributed by atoms with Gasteiger partial charge in [0.25, 0.3) is 5.91 Å². The van der Waals surface area contributed by atoms with Crippen LogP contribution in [0.15, 0.2) is 36.7 Å². The van der Waals surface area contributed by atoms with Crippen LogP contribution in [-0.4, -0.2) is 56.5 Å². The molecule has 1 amide bonds. The average molecular weight is 472 g/mol. The van der Waals surface area contributed by atoms with Crippen molar-refractivity contribution in [3.05, 3.63) is 53.9 Å². The number of aryl methyl sites for hydroxylation is 1. The van der Waals surface area contributed by atoms with E-state index < -0.39 is 5.82 Å². The van der Waals surface area contributed by atoms with Crippen LogP contribution in [0.5, 0.6) is 0 Å². The number of carbonyl (C=O) groups is 1. The van der Waals surface area contributed by atoms with Gasteiger partial charge in [0.1, 0.15) is 11.5 Å². The zero-order valence-corrected chi connectivity index (χ0v) is 20.3. The van der Waals surface area contributed by atoms with Crippen molar-refractivity contribution in [3.63, 3.8) is 0 Å². The van der Waals surface area contributed by atoms with E-state index in [1.165, 1.54) is 0 Å². The summed E-state index contributed by atoms with van der Waals surface area (Å²) in [4.78, 5) is 27.3. The van der Waals surface area contributed by atoms with Gasteiger partial charge in [0.15, 0.2) is 5.82 Å². The Morgan fingerprint density at radius 1 is 1.18 bits per heavy atom. The van der Waals surface area contributed by atoms with Crippen LogP contribution in [0.4, 0.5) is 16.0 Å². The summed E-state index contributed by atoms with van der Waals surface area (Å²) in [6.45, 7) is 7.38. The molecule has 1 saturated heterocycles. The van der Waals surface area contributed by atoms with Gasteiger partial charge in [0, 0.05) is 36.4 Å². The predicted molar refractivity (Wildman–Crippen MR) is 132 cm³/mol. The number of carbonyl (C=O) groups excluding carboxylic acids is 1. The van der Waals surface area contributed by atoms with Gasteiger partial charge in [-0.15, -0.1) is 0 Å². The normalized spacial score (nSPS) is 15.6. The van der Waals surface area contributed by atoms with Crippen LogP contribution in [0.1, 0.15) is 42.5 Å². The lowest BCUT2D eigenvalue weighted by Crippen LogP contribution is -2.33. The molecule has 176 valence electrons. The molecule has 0 spiro atoms. The zero-order valence-electron chi connectivity index (χ0n) is 19.3. The Bertz CT molecular complexity index is 1120. The van der Waals surface area contributed by atoms with Crippen LogP contribution in [0.3, 0.4) is 0 Å². The number of hydrogen-bond donors (Lipinski definition) is 2. The Kier molecular flexibility index (Phi) is 7.70. The van der Waals surface area contributed by atoms with Crippen LogP contribution in [0, 0.1) is 12.7 Å². The quantitative estimate of drug-likeness (QED) is 0.571. The highest BCUT2D eigenvalue weighted by Gasteiger charge is 2.25. The summed E-state index contributed by atoms with van der Waals surface area (Å²) < 4.78 is 16.5. The standard InChI is InChI=1S/C23H28FN7O.H2S/c1-14(2)31-15(3)26-12-20(31)21-19(24)11-27-23(29-21)28-17-7-5-16(6-8-17)22(32)30-10-9-18(13-30)25-4;/h5-8,11-12,14,18,25H,9-10,13H2,1-4H3,(H,27,28,29);1H2. The fourth-order valence-corrected chi connectivity index (χ4v) is 4.08. The summed E-state index contributed by atoms with van der Waals surface area (Å²) in [5.41, 5.74) is 2.13. The molecule has 33 heavy (non-hydrogen) atoms. The predicted octanol–water partition coefficient (Wildman–Crippen LogP) is 3.66. The number of hydrogen-bond acceptors (Lipinski definition) is 6. The van der Waals surface area contributed by atoms with E-state index in [0.29, 0.717) is 29.5 Å². The Balaban J connectivity index is 0.00000306. The molecule has 1 atom stereocenters. The Labute approximate surface area is 200 Å². The number of anilines is 2. The van der Waals surface area contributed by atoms with E-state index >= 15 is 0 Å². The van der Waals surface area contributed by atoms with E-state index in [9.17, 15) is 9.18 Å². The molecule has 1 aliphatic rings. The number of benzene rings is 1. The third kappa shape index (κ3) is 5.17. The highest BCUT2D eigenvalue weighted by Crippen LogP contribution is 2.26. The first-order valence-corrected chi connectivity index (χ1v) is 10.8. The van der Waals surface area contributed by atoms with Crippen molar-refractivity contribution in [3.8, 4) is 11.4 Å². The lowest BCUT2D eigenvalue weighted by molar-refractivity contribution is 0.0789. The molecule has 3 aromatic rings. The van der Waals surface area contributed by atoms with Crippen molar-refractivity contribution >= 4 is 31.0 Å². The minimum atomic E-state index is -0.510. The van der Waals surface area contributed by atoms with E-state index in [1.807, 2.05) is 37.3 Å². The third-order valence-electron chi connectivity index (χ3n) is 5.76. The minimum Gasteiger partial charge on any atom is -0.337 e. The monoisotopic (exact) mass is 471 g/mol. The molecule has 1 unspecified atom stereocenters. The minimum absolute atomic E-state index is 0. The van der Waals surface area contributed by atoms with Crippen LogP contribution in [0.2, 0.25) is 0 Å². The van der Waals surface area contributed by atoms with Gasteiger partial charge in [0.05, 0.1) is 18.1 Å². The molecular formula is C23H30FN7OS. The maximum Gasteiger partial charge on any atom is 0.253 e. The van der Waals surface area contributed by atoms with E-state index in [-0.39, 0.29) is 37.1 Å². The van der Waals surface area contributed by atoms with Crippen LogP contribution in [0.25, 0.3) is 11.4 Å². The fourth-order valence-electron chi connectivity index (χ4n) is 4.08. The first kappa shape index (κ1) is 24.7. The van der Waals surface area contributed by atoms with Crippen LogP contribution < -0.4 is 10.6 Å². The SMILES string of the molecule is CNC1CCN(C(=O)c2ccc(Nc3ncc(F)c(-c4cnc(C)n4C(C)C)n3)cc2)C1.S. The number of halogens is 1. The second-order valence-electron chi connectivity index (χ2n) is 8.27. The van der Waals surface area contributed by atoms with Gasteiger partial charge in [-0.3, -0.25) is 4.79 Å². The highest BCUT2D eigenvalue weighted by molar-refractivity contribution is 7.59. The van der Waals surface area contributed by atoms with Crippen molar-refractivity contribution in [1.29, 1.82) is 0 Å².